The lowest BCUT2D eigenvalue weighted by molar-refractivity contribution is -0.145. The number of ether oxygens (including phenoxy) is 3. The molecule has 1 saturated heterocycles. The van der Waals surface area contributed by atoms with Crippen molar-refractivity contribution in [3.8, 4) is 0 Å². The first-order chi connectivity index (χ1) is 10.2. The number of esters is 1. The molecule has 0 aromatic rings. The van der Waals surface area contributed by atoms with E-state index in [1.807, 2.05) is 0 Å². The van der Waals surface area contributed by atoms with E-state index < -0.39 is 23.7 Å². The molecule has 1 fully saturated rings. The molecule has 0 N–H and O–H groups in total. The summed E-state index contributed by atoms with van der Waals surface area (Å²) in [7, 11) is 1.32. The molecule has 6 nitrogen and oxygen atoms in total. The highest BCUT2D eigenvalue weighted by molar-refractivity contribution is 5.82. The van der Waals surface area contributed by atoms with Crippen LogP contribution in [0.5, 0.6) is 0 Å². The number of nitrogens with zero attached hydrogens (tertiary/aromatic N) is 1. The predicted octanol–water partition coefficient (Wildman–Crippen LogP) is 2.74. The van der Waals surface area contributed by atoms with Crippen LogP contribution in [0.2, 0.25) is 0 Å². The lowest BCUT2D eigenvalue weighted by Crippen LogP contribution is -2.44. The van der Waals surface area contributed by atoms with E-state index >= 15 is 0 Å². The Balaban J connectivity index is 2.79. The summed E-state index contributed by atoms with van der Waals surface area (Å²) in [5.41, 5.74) is -0.605. The van der Waals surface area contributed by atoms with E-state index in [0.717, 1.165) is 12.8 Å². The molecule has 1 heterocycles. The molecule has 0 aliphatic carbocycles. The number of rotatable bonds is 5. The molecule has 1 amide bonds. The number of carbonyl (C=O) groups is 2. The van der Waals surface area contributed by atoms with Crippen LogP contribution in [0.15, 0.2) is 0 Å². The Morgan fingerprint density at radius 2 is 1.82 bits per heavy atom. The summed E-state index contributed by atoms with van der Waals surface area (Å²) in [6.45, 7) is 9.87. The molecule has 1 rings (SSSR count). The number of hydrogen-bond donors (Lipinski definition) is 0. The van der Waals surface area contributed by atoms with Crippen molar-refractivity contribution in [3.05, 3.63) is 0 Å². The number of amides is 1. The highest BCUT2D eigenvalue weighted by atomic mass is 16.6. The first kappa shape index (κ1) is 18.7. The van der Waals surface area contributed by atoms with E-state index in [4.69, 9.17) is 14.2 Å². The van der Waals surface area contributed by atoms with Gasteiger partial charge in [-0.15, -0.1) is 0 Å². The molecule has 2 atom stereocenters. The molecular formula is C16H29NO5. The SMILES string of the molecule is CCC(CC)O[C@@H]1C[C@@H](C(=O)OC)N(C(=O)OC(C)(C)C)C1. The number of carbonyl (C=O) groups excluding carboxylic acids is 2. The zero-order valence-electron chi connectivity index (χ0n) is 14.5. The van der Waals surface area contributed by atoms with Crippen molar-refractivity contribution in [2.75, 3.05) is 13.7 Å². The van der Waals surface area contributed by atoms with Crippen molar-refractivity contribution in [2.45, 2.75) is 77.7 Å². The first-order valence-corrected chi connectivity index (χ1v) is 7.94. The number of likely N-dealkylation sites (tertiary alicyclic amines) is 1. The van der Waals surface area contributed by atoms with Crippen molar-refractivity contribution in [2.24, 2.45) is 0 Å². The smallest absolute Gasteiger partial charge is 0.411 e. The van der Waals surface area contributed by atoms with Gasteiger partial charge in [0.2, 0.25) is 0 Å². The summed E-state index contributed by atoms with van der Waals surface area (Å²) < 4.78 is 16.2. The molecular weight excluding hydrogens is 286 g/mol. The topological polar surface area (TPSA) is 65.1 Å². The number of methoxy groups -OCH3 is 1. The van der Waals surface area contributed by atoms with E-state index in [-0.39, 0.29) is 12.2 Å². The van der Waals surface area contributed by atoms with E-state index in [9.17, 15) is 9.59 Å². The van der Waals surface area contributed by atoms with Gasteiger partial charge in [0.1, 0.15) is 11.6 Å². The second-order valence-corrected chi connectivity index (χ2v) is 6.60. The summed E-state index contributed by atoms with van der Waals surface area (Å²) in [5, 5.41) is 0. The Labute approximate surface area is 133 Å². The molecule has 0 aromatic carbocycles. The van der Waals surface area contributed by atoms with Crippen LogP contribution in [0.3, 0.4) is 0 Å². The van der Waals surface area contributed by atoms with Crippen molar-refractivity contribution < 1.29 is 23.8 Å². The standard InChI is InChI=1S/C16H29NO5/c1-7-11(8-2)21-12-9-13(14(18)20-6)17(10-12)15(19)22-16(3,4)5/h11-13H,7-10H2,1-6H3/t12-,13+/m1/s1. The molecule has 0 unspecified atom stereocenters. The molecule has 0 radical (unpaired) electrons. The molecule has 0 spiro atoms. The van der Waals surface area contributed by atoms with Gasteiger partial charge in [-0.1, -0.05) is 13.8 Å². The van der Waals surface area contributed by atoms with Gasteiger partial charge in [0.05, 0.1) is 25.9 Å². The Hall–Kier alpha value is -1.30. The second-order valence-electron chi connectivity index (χ2n) is 6.60. The molecule has 6 heteroatoms. The van der Waals surface area contributed by atoms with Crippen molar-refractivity contribution in [1.29, 1.82) is 0 Å². The summed E-state index contributed by atoms with van der Waals surface area (Å²) in [5.74, 6) is -0.429. The van der Waals surface area contributed by atoms with E-state index in [0.29, 0.717) is 13.0 Å². The molecule has 1 aliphatic heterocycles. The van der Waals surface area contributed by atoms with E-state index in [2.05, 4.69) is 13.8 Å². The Morgan fingerprint density at radius 3 is 2.27 bits per heavy atom. The fraction of sp³-hybridized carbons (Fsp3) is 0.875. The van der Waals surface area contributed by atoms with Gasteiger partial charge in [0.15, 0.2) is 0 Å². The zero-order valence-corrected chi connectivity index (χ0v) is 14.5. The van der Waals surface area contributed by atoms with Crippen LogP contribution >= 0.6 is 0 Å². The normalized spacial score (nSPS) is 22.0. The van der Waals surface area contributed by atoms with Gasteiger partial charge in [-0.25, -0.2) is 9.59 Å². The van der Waals surface area contributed by atoms with Gasteiger partial charge in [0, 0.05) is 6.42 Å². The van der Waals surface area contributed by atoms with Crippen LogP contribution in [0.4, 0.5) is 4.79 Å². The van der Waals surface area contributed by atoms with Gasteiger partial charge >= 0.3 is 12.1 Å². The fourth-order valence-electron chi connectivity index (χ4n) is 2.53. The van der Waals surface area contributed by atoms with Crippen LogP contribution in [0, 0.1) is 0 Å². The molecule has 22 heavy (non-hydrogen) atoms. The second kappa shape index (κ2) is 7.81. The summed E-state index contributed by atoms with van der Waals surface area (Å²) in [6.07, 6.45) is 1.73. The minimum absolute atomic E-state index is 0.141. The van der Waals surface area contributed by atoms with E-state index in [1.54, 1.807) is 20.8 Å². The summed E-state index contributed by atoms with van der Waals surface area (Å²) in [6, 6.07) is -0.640. The Morgan fingerprint density at radius 1 is 1.23 bits per heavy atom. The quantitative estimate of drug-likeness (QED) is 0.730. The lowest BCUT2D eigenvalue weighted by atomic mass is 10.1. The van der Waals surface area contributed by atoms with Crippen LogP contribution in [-0.4, -0.2) is 54.5 Å². The lowest BCUT2D eigenvalue weighted by Gasteiger charge is -2.27. The zero-order chi connectivity index (χ0) is 16.9. The van der Waals surface area contributed by atoms with Crippen LogP contribution < -0.4 is 0 Å². The molecule has 0 bridgehead atoms. The maximum absolute atomic E-state index is 12.3. The maximum atomic E-state index is 12.3. The average Bonchev–Trinajstić information content (AvgIpc) is 2.86. The minimum Gasteiger partial charge on any atom is -0.467 e. The molecule has 1 aliphatic rings. The largest absolute Gasteiger partial charge is 0.467 e. The molecule has 0 aromatic heterocycles. The van der Waals surface area contributed by atoms with Crippen molar-refractivity contribution >= 4 is 12.1 Å². The van der Waals surface area contributed by atoms with Crippen LogP contribution in [0.25, 0.3) is 0 Å². The summed E-state index contributed by atoms with van der Waals surface area (Å²) >= 11 is 0. The van der Waals surface area contributed by atoms with Crippen molar-refractivity contribution in [3.63, 3.8) is 0 Å². The first-order valence-electron chi connectivity index (χ1n) is 7.94. The van der Waals surface area contributed by atoms with Gasteiger partial charge in [-0.2, -0.15) is 0 Å². The van der Waals surface area contributed by atoms with Gasteiger partial charge < -0.3 is 14.2 Å². The third kappa shape index (κ3) is 5.16. The van der Waals surface area contributed by atoms with Gasteiger partial charge in [0.25, 0.3) is 0 Å². The highest BCUT2D eigenvalue weighted by Gasteiger charge is 2.43. The predicted molar refractivity (Wildman–Crippen MR) is 82.6 cm³/mol. The fourth-order valence-corrected chi connectivity index (χ4v) is 2.53. The van der Waals surface area contributed by atoms with Crippen molar-refractivity contribution in [1.82, 2.24) is 4.90 Å². The highest BCUT2D eigenvalue weighted by Crippen LogP contribution is 2.25. The van der Waals surface area contributed by atoms with Crippen LogP contribution in [-0.2, 0) is 19.0 Å². The Kier molecular flexibility index (Phi) is 6.66. The molecule has 128 valence electrons. The van der Waals surface area contributed by atoms with E-state index in [1.165, 1.54) is 12.0 Å². The minimum atomic E-state index is -0.640. The summed E-state index contributed by atoms with van der Waals surface area (Å²) in [4.78, 5) is 25.7. The molecule has 0 saturated carbocycles. The third-order valence-corrected chi connectivity index (χ3v) is 3.66. The van der Waals surface area contributed by atoms with Crippen LogP contribution in [0.1, 0.15) is 53.9 Å². The number of hydrogen-bond acceptors (Lipinski definition) is 5. The van der Waals surface area contributed by atoms with Gasteiger partial charge in [-0.05, 0) is 33.6 Å². The Bertz CT molecular complexity index is 386. The van der Waals surface area contributed by atoms with Gasteiger partial charge in [-0.3, -0.25) is 4.90 Å². The average molecular weight is 315 g/mol. The third-order valence-electron chi connectivity index (χ3n) is 3.66. The monoisotopic (exact) mass is 315 g/mol. The maximum Gasteiger partial charge on any atom is 0.411 e.